The number of ketones is 1. The van der Waals surface area contributed by atoms with E-state index in [0.717, 1.165) is 37.7 Å². The van der Waals surface area contributed by atoms with Crippen LogP contribution in [0.3, 0.4) is 0 Å². The number of allylic oxidation sites excluding steroid dienone is 1. The fraction of sp³-hybridized carbons (Fsp3) is 0.889. The van der Waals surface area contributed by atoms with E-state index in [-0.39, 0.29) is 40.3 Å². The molecule has 4 rings (SSSR count). The van der Waals surface area contributed by atoms with Crippen LogP contribution in [-0.4, -0.2) is 49.6 Å². The van der Waals surface area contributed by atoms with Crippen molar-refractivity contribution < 1.29 is 25.2 Å². The van der Waals surface area contributed by atoms with E-state index in [4.69, 9.17) is 0 Å². The van der Waals surface area contributed by atoms with Crippen LogP contribution in [0.4, 0.5) is 0 Å². The molecule has 4 aliphatic rings. The normalized spacial score (nSPS) is 46.0. The lowest BCUT2D eigenvalue weighted by molar-refractivity contribution is -0.141. The molecule has 0 amide bonds. The zero-order valence-electron chi connectivity index (χ0n) is 20.6. The van der Waals surface area contributed by atoms with Crippen molar-refractivity contribution in [2.24, 2.45) is 34.5 Å². The van der Waals surface area contributed by atoms with Crippen molar-refractivity contribution in [2.45, 2.75) is 116 Å². The Hall–Kier alpha value is -0.750. The lowest BCUT2D eigenvalue weighted by Gasteiger charge is -2.59. The van der Waals surface area contributed by atoms with Crippen LogP contribution < -0.4 is 0 Å². The average Bonchev–Trinajstić information content (AvgIpc) is 2.94. The van der Waals surface area contributed by atoms with E-state index in [1.54, 1.807) is 19.9 Å². The van der Waals surface area contributed by atoms with Crippen molar-refractivity contribution >= 4 is 5.78 Å². The summed E-state index contributed by atoms with van der Waals surface area (Å²) in [5, 5.41) is 43.1. The molecule has 0 aliphatic heterocycles. The molecule has 4 N–H and O–H groups in total. The minimum atomic E-state index is -0.976. The summed E-state index contributed by atoms with van der Waals surface area (Å²) in [5.41, 5.74) is -1.41. The summed E-state index contributed by atoms with van der Waals surface area (Å²) in [6, 6.07) is 0. The third-order valence-electron chi connectivity index (χ3n) is 10.2. The number of hydrogen-bond acceptors (Lipinski definition) is 5. The Morgan fingerprint density at radius 3 is 2.47 bits per heavy atom. The number of rotatable bonds is 5. The van der Waals surface area contributed by atoms with Crippen LogP contribution in [0.25, 0.3) is 0 Å². The number of hydrogen-bond donors (Lipinski definition) is 4. The maximum Gasteiger partial charge on any atom is 0.159 e. The highest BCUT2D eigenvalue weighted by Crippen LogP contribution is 2.68. The van der Waals surface area contributed by atoms with Crippen LogP contribution >= 0.6 is 0 Å². The van der Waals surface area contributed by atoms with Gasteiger partial charge in [-0.2, -0.15) is 0 Å². The quantitative estimate of drug-likeness (QED) is 0.513. The number of aliphatic hydroxyl groups is 4. The number of carbonyl (C=O) groups excluding carboxylic acids is 1. The van der Waals surface area contributed by atoms with Crippen molar-refractivity contribution in [3.63, 3.8) is 0 Å². The largest absolute Gasteiger partial charge is 0.393 e. The van der Waals surface area contributed by atoms with Gasteiger partial charge in [0.05, 0.1) is 23.4 Å². The molecule has 32 heavy (non-hydrogen) atoms. The van der Waals surface area contributed by atoms with Crippen LogP contribution in [0.1, 0.15) is 92.4 Å². The second-order valence-electron chi connectivity index (χ2n) is 12.9. The Morgan fingerprint density at radius 2 is 1.81 bits per heavy atom. The highest BCUT2D eigenvalue weighted by atomic mass is 16.3. The summed E-state index contributed by atoms with van der Waals surface area (Å²) in [7, 11) is 0. The SMILES string of the molecule is CC(CC(O)CC(C)(C)O)[C@H]1CC[C@@]2(O)C3=CC(=O)[C@@H]4C[C@H](O)CC[C@]4(C)C3CC[C@]12C. The first-order valence-electron chi connectivity index (χ1n) is 12.8. The van der Waals surface area contributed by atoms with Gasteiger partial charge < -0.3 is 20.4 Å². The van der Waals surface area contributed by atoms with Crippen LogP contribution in [0.15, 0.2) is 11.6 Å². The molecule has 4 aliphatic carbocycles. The maximum absolute atomic E-state index is 13.2. The fourth-order valence-corrected chi connectivity index (χ4v) is 8.52. The lowest BCUT2D eigenvalue weighted by Crippen LogP contribution is -2.59. The van der Waals surface area contributed by atoms with Gasteiger partial charge in [-0.3, -0.25) is 4.79 Å². The van der Waals surface area contributed by atoms with Gasteiger partial charge in [0, 0.05) is 17.8 Å². The summed E-state index contributed by atoms with van der Waals surface area (Å²) >= 11 is 0. The Morgan fingerprint density at radius 1 is 1.12 bits per heavy atom. The highest BCUT2D eigenvalue weighted by Gasteiger charge is 2.66. The van der Waals surface area contributed by atoms with Gasteiger partial charge in [0.15, 0.2) is 5.78 Å². The molecule has 5 nitrogen and oxygen atoms in total. The van der Waals surface area contributed by atoms with E-state index in [1.165, 1.54) is 0 Å². The maximum atomic E-state index is 13.2. The molecular weight excluding hydrogens is 404 g/mol. The Balaban J connectivity index is 1.60. The molecule has 0 aromatic rings. The molecule has 3 fully saturated rings. The lowest BCUT2D eigenvalue weighted by atomic mass is 9.46. The highest BCUT2D eigenvalue weighted by molar-refractivity contribution is 5.95. The second kappa shape index (κ2) is 7.90. The van der Waals surface area contributed by atoms with Crippen LogP contribution in [-0.2, 0) is 4.79 Å². The molecule has 0 heterocycles. The fourth-order valence-electron chi connectivity index (χ4n) is 8.52. The van der Waals surface area contributed by atoms with Gasteiger partial charge in [-0.05, 0) is 100 Å². The van der Waals surface area contributed by atoms with Crippen molar-refractivity contribution in [3.8, 4) is 0 Å². The molecule has 0 radical (unpaired) electrons. The summed E-state index contributed by atoms with van der Waals surface area (Å²) in [4.78, 5) is 13.2. The number of carbonyl (C=O) groups is 1. The predicted molar refractivity (Wildman–Crippen MR) is 124 cm³/mol. The van der Waals surface area contributed by atoms with Crippen molar-refractivity contribution in [1.29, 1.82) is 0 Å². The first-order chi connectivity index (χ1) is 14.7. The molecule has 5 heteroatoms. The Bertz CT molecular complexity index is 783. The van der Waals surface area contributed by atoms with Crippen LogP contribution in [0.2, 0.25) is 0 Å². The first kappa shape index (κ1) is 24.4. The zero-order chi connectivity index (χ0) is 23.7. The van der Waals surface area contributed by atoms with E-state index in [1.807, 2.05) is 0 Å². The van der Waals surface area contributed by atoms with Gasteiger partial charge in [-0.15, -0.1) is 0 Å². The minimum absolute atomic E-state index is 0.0901. The molecule has 182 valence electrons. The molecule has 3 unspecified atom stereocenters. The van der Waals surface area contributed by atoms with Crippen molar-refractivity contribution in [1.82, 2.24) is 0 Å². The summed E-state index contributed by atoms with van der Waals surface area (Å²) in [5.74, 6) is 0.634. The van der Waals surface area contributed by atoms with E-state index >= 15 is 0 Å². The van der Waals surface area contributed by atoms with E-state index in [0.29, 0.717) is 25.7 Å². The summed E-state index contributed by atoms with van der Waals surface area (Å²) in [6.07, 6.45) is 7.32. The molecule has 0 spiro atoms. The first-order valence-corrected chi connectivity index (χ1v) is 12.8. The molecule has 0 saturated heterocycles. The van der Waals surface area contributed by atoms with Gasteiger partial charge in [-0.1, -0.05) is 20.8 Å². The van der Waals surface area contributed by atoms with Gasteiger partial charge in [-0.25, -0.2) is 0 Å². The van der Waals surface area contributed by atoms with Crippen molar-refractivity contribution in [3.05, 3.63) is 11.6 Å². The van der Waals surface area contributed by atoms with Crippen LogP contribution in [0.5, 0.6) is 0 Å². The van der Waals surface area contributed by atoms with Gasteiger partial charge in [0.25, 0.3) is 0 Å². The Kier molecular flexibility index (Phi) is 6.02. The average molecular weight is 449 g/mol. The number of fused-ring (bicyclic) bond motifs is 5. The molecule has 0 bridgehead atoms. The third-order valence-corrected chi connectivity index (χ3v) is 10.2. The third kappa shape index (κ3) is 3.72. The Labute approximate surface area is 193 Å². The predicted octanol–water partition coefficient (Wildman–Crippen LogP) is 3.77. The number of aliphatic hydroxyl groups excluding tert-OH is 2. The van der Waals surface area contributed by atoms with Crippen molar-refractivity contribution in [2.75, 3.05) is 0 Å². The van der Waals surface area contributed by atoms with Gasteiger partial charge >= 0.3 is 0 Å². The summed E-state index contributed by atoms with van der Waals surface area (Å²) in [6.45, 7) is 10.0. The van der Waals surface area contributed by atoms with Gasteiger partial charge in [0.1, 0.15) is 0 Å². The van der Waals surface area contributed by atoms with Gasteiger partial charge in [0.2, 0.25) is 0 Å². The molecule has 0 aromatic carbocycles. The van der Waals surface area contributed by atoms with E-state index in [2.05, 4.69) is 20.8 Å². The van der Waals surface area contributed by atoms with E-state index < -0.39 is 23.4 Å². The monoisotopic (exact) mass is 448 g/mol. The molecule has 0 aromatic heterocycles. The standard InChI is InChI=1S/C27H44O5/c1-16(12-18(29)15-24(2,3)31)19-8-11-27(32)21-14-23(30)22-13-17(28)6-9-25(22,4)20(21)7-10-26(19,27)5/h14,16-20,22,28-29,31-32H,6-13,15H2,1-5H3/t16?,17-,18?,19-,20?,22+,25-,26-,27-/m1/s1. The molecule has 9 atom stereocenters. The molecular formula is C27H44O5. The summed E-state index contributed by atoms with van der Waals surface area (Å²) < 4.78 is 0. The second-order valence-corrected chi connectivity index (χ2v) is 12.9. The zero-order valence-corrected chi connectivity index (χ0v) is 20.6. The van der Waals surface area contributed by atoms with E-state index in [9.17, 15) is 25.2 Å². The van der Waals surface area contributed by atoms with Crippen LogP contribution in [0, 0.1) is 34.5 Å². The topological polar surface area (TPSA) is 98.0 Å². The molecule has 3 saturated carbocycles. The smallest absolute Gasteiger partial charge is 0.159 e. The minimum Gasteiger partial charge on any atom is -0.393 e.